The van der Waals surface area contributed by atoms with E-state index in [2.05, 4.69) is 4.90 Å². The molecular weight excluding hydrogens is 206 g/mol. The number of aliphatic hydroxyl groups is 1. The Kier molecular flexibility index (Phi) is 5.77. The summed E-state index contributed by atoms with van der Waals surface area (Å²) in [5, 5.41) is 17.8. The number of aliphatic carboxylic acids is 1. The summed E-state index contributed by atoms with van der Waals surface area (Å²) in [5.74, 6) is -0.00357. The number of carbonyl (C=O) groups is 1. The minimum Gasteiger partial charge on any atom is -0.481 e. The SMILES string of the molecule is CC(O)CN1CCC(CCCC(=O)O)CC1. The minimum atomic E-state index is -0.688. The predicted octanol–water partition coefficient (Wildman–Crippen LogP) is 1.33. The van der Waals surface area contributed by atoms with Crippen molar-refractivity contribution in [1.29, 1.82) is 0 Å². The van der Waals surface area contributed by atoms with Crippen LogP contribution in [0.3, 0.4) is 0 Å². The summed E-state index contributed by atoms with van der Waals surface area (Å²) >= 11 is 0. The molecular formula is C12H23NO3. The molecule has 1 unspecified atom stereocenters. The van der Waals surface area contributed by atoms with Crippen LogP contribution in [-0.4, -0.2) is 46.8 Å². The average Bonchev–Trinajstić information content (AvgIpc) is 2.19. The molecule has 0 aromatic rings. The van der Waals surface area contributed by atoms with Crippen LogP contribution in [0.25, 0.3) is 0 Å². The third-order valence-electron chi connectivity index (χ3n) is 3.23. The Morgan fingerprint density at radius 1 is 1.44 bits per heavy atom. The van der Waals surface area contributed by atoms with Gasteiger partial charge in [0.25, 0.3) is 0 Å². The molecule has 2 N–H and O–H groups in total. The van der Waals surface area contributed by atoms with Gasteiger partial charge in [-0.05, 0) is 51.6 Å². The lowest BCUT2D eigenvalue weighted by Gasteiger charge is -2.32. The standard InChI is InChI=1S/C12H23NO3/c1-10(14)9-13-7-5-11(6-8-13)3-2-4-12(15)16/h10-11,14H,2-9H2,1H3,(H,15,16). The van der Waals surface area contributed by atoms with Crippen molar-refractivity contribution in [3.63, 3.8) is 0 Å². The third kappa shape index (κ3) is 5.47. The van der Waals surface area contributed by atoms with Crippen molar-refractivity contribution in [1.82, 2.24) is 4.90 Å². The van der Waals surface area contributed by atoms with Crippen molar-refractivity contribution in [3.05, 3.63) is 0 Å². The van der Waals surface area contributed by atoms with Crippen molar-refractivity contribution in [2.24, 2.45) is 5.92 Å². The molecule has 1 fully saturated rings. The first kappa shape index (κ1) is 13.5. The van der Waals surface area contributed by atoms with Gasteiger partial charge in [-0.3, -0.25) is 4.79 Å². The number of carboxylic acids is 1. The van der Waals surface area contributed by atoms with Crippen LogP contribution < -0.4 is 0 Å². The summed E-state index contributed by atoms with van der Waals surface area (Å²) in [6.07, 6.45) is 4.18. The molecule has 16 heavy (non-hydrogen) atoms. The van der Waals surface area contributed by atoms with Crippen molar-refractivity contribution in [3.8, 4) is 0 Å². The normalized spacial score (nSPS) is 20.9. The van der Waals surface area contributed by atoms with Gasteiger partial charge >= 0.3 is 5.97 Å². The lowest BCUT2D eigenvalue weighted by atomic mass is 9.91. The molecule has 4 heteroatoms. The molecule has 0 radical (unpaired) electrons. The molecule has 0 saturated carbocycles. The highest BCUT2D eigenvalue weighted by Gasteiger charge is 2.19. The fraction of sp³-hybridized carbons (Fsp3) is 0.917. The van der Waals surface area contributed by atoms with Crippen LogP contribution >= 0.6 is 0 Å². The number of nitrogens with zero attached hydrogens (tertiary/aromatic N) is 1. The summed E-state index contributed by atoms with van der Waals surface area (Å²) in [6.45, 7) is 4.67. The monoisotopic (exact) mass is 229 g/mol. The largest absolute Gasteiger partial charge is 0.481 e. The highest BCUT2D eigenvalue weighted by atomic mass is 16.4. The Hall–Kier alpha value is -0.610. The van der Waals surface area contributed by atoms with Gasteiger partial charge in [0.2, 0.25) is 0 Å². The maximum absolute atomic E-state index is 10.4. The van der Waals surface area contributed by atoms with Crippen molar-refractivity contribution in [2.75, 3.05) is 19.6 Å². The second-order valence-electron chi connectivity index (χ2n) is 4.88. The Balaban J connectivity index is 2.09. The second-order valence-corrected chi connectivity index (χ2v) is 4.88. The number of carboxylic acid groups (broad SMARTS) is 1. The summed E-state index contributed by atoms with van der Waals surface area (Å²) in [7, 11) is 0. The topological polar surface area (TPSA) is 60.8 Å². The number of rotatable bonds is 6. The van der Waals surface area contributed by atoms with Crippen molar-refractivity contribution in [2.45, 2.75) is 45.1 Å². The summed E-state index contributed by atoms with van der Waals surface area (Å²) in [6, 6.07) is 0. The smallest absolute Gasteiger partial charge is 0.303 e. The molecule has 0 aromatic heterocycles. The zero-order valence-electron chi connectivity index (χ0n) is 10.1. The van der Waals surface area contributed by atoms with Gasteiger partial charge in [0, 0.05) is 13.0 Å². The average molecular weight is 229 g/mol. The number of piperidine rings is 1. The lowest BCUT2D eigenvalue weighted by Crippen LogP contribution is -2.38. The predicted molar refractivity (Wildman–Crippen MR) is 62.3 cm³/mol. The number of hydrogen-bond acceptors (Lipinski definition) is 3. The number of β-amino-alcohol motifs (C(OH)–C–C–N with tert-alkyl or cyclic N) is 1. The van der Waals surface area contributed by atoms with Crippen LogP contribution in [0, 0.1) is 5.92 Å². The first-order chi connectivity index (χ1) is 7.58. The quantitative estimate of drug-likeness (QED) is 0.721. The van der Waals surface area contributed by atoms with E-state index < -0.39 is 5.97 Å². The molecule has 0 aromatic carbocycles. The molecule has 1 heterocycles. The van der Waals surface area contributed by atoms with Gasteiger partial charge in [-0.2, -0.15) is 0 Å². The van der Waals surface area contributed by atoms with Gasteiger partial charge in [0.05, 0.1) is 6.10 Å². The first-order valence-electron chi connectivity index (χ1n) is 6.20. The minimum absolute atomic E-state index is 0.247. The van der Waals surface area contributed by atoms with E-state index in [1.54, 1.807) is 0 Å². The Bertz CT molecular complexity index is 210. The molecule has 0 amide bonds. The number of aliphatic hydroxyl groups excluding tert-OH is 1. The molecule has 1 saturated heterocycles. The Morgan fingerprint density at radius 2 is 2.06 bits per heavy atom. The van der Waals surface area contributed by atoms with Gasteiger partial charge in [-0.25, -0.2) is 0 Å². The van der Waals surface area contributed by atoms with Crippen LogP contribution in [0.15, 0.2) is 0 Å². The maximum atomic E-state index is 10.4. The van der Waals surface area contributed by atoms with E-state index in [9.17, 15) is 9.90 Å². The van der Waals surface area contributed by atoms with Gasteiger partial charge in [-0.1, -0.05) is 0 Å². The molecule has 4 nitrogen and oxygen atoms in total. The van der Waals surface area contributed by atoms with Crippen molar-refractivity contribution < 1.29 is 15.0 Å². The van der Waals surface area contributed by atoms with Crippen LogP contribution in [0.4, 0.5) is 0 Å². The van der Waals surface area contributed by atoms with E-state index >= 15 is 0 Å². The van der Waals surface area contributed by atoms with Crippen molar-refractivity contribution >= 4 is 5.97 Å². The zero-order chi connectivity index (χ0) is 12.0. The lowest BCUT2D eigenvalue weighted by molar-refractivity contribution is -0.137. The van der Waals surface area contributed by atoms with E-state index in [0.29, 0.717) is 12.3 Å². The molecule has 1 rings (SSSR count). The van der Waals surface area contributed by atoms with E-state index in [-0.39, 0.29) is 6.10 Å². The van der Waals surface area contributed by atoms with Gasteiger partial charge in [-0.15, -0.1) is 0 Å². The van der Waals surface area contributed by atoms with Gasteiger partial charge < -0.3 is 15.1 Å². The maximum Gasteiger partial charge on any atom is 0.303 e. The first-order valence-corrected chi connectivity index (χ1v) is 6.20. The Morgan fingerprint density at radius 3 is 2.56 bits per heavy atom. The Labute approximate surface area is 97.3 Å². The van der Waals surface area contributed by atoms with Gasteiger partial charge in [0.15, 0.2) is 0 Å². The number of likely N-dealkylation sites (tertiary alicyclic amines) is 1. The number of hydrogen-bond donors (Lipinski definition) is 2. The van der Waals surface area contributed by atoms with Crippen LogP contribution in [-0.2, 0) is 4.79 Å². The second kappa shape index (κ2) is 6.86. The fourth-order valence-electron chi connectivity index (χ4n) is 2.37. The molecule has 1 atom stereocenters. The van der Waals surface area contributed by atoms with Crippen LogP contribution in [0.2, 0.25) is 0 Å². The molecule has 1 aliphatic rings. The van der Waals surface area contributed by atoms with Crippen LogP contribution in [0.5, 0.6) is 0 Å². The highest BCUT2D eigenvalue weighted by Crippen LogP contribution is 2.22. The summed E-state index contributed by atoms with van der Waals surface area (Å²) < 4.78 is 0. The molecule has 0 bridgehead atoms. The van der Waals surface area contributed by atoms with E-state index in [1.165, 1.54) is 0 Å². The molecule has 1 aliphatic heterocycles. The third-order valence-corrected chi connectivity index (χ3v) is 3.23. The van der Waals surface area contributed by atoms with E-state index in [4.69, 9.17) is 5.11 Å². The molecule has 94 valence electrons. The van der Waals surface area contributed by atoms with E-state index in [1.807, 2.05) is 6.92 Å². The molecule has 0 spiro atoms. The zero-order valence-corrected chi connectivity index (χ0v) is 10.1. The van der Waals surface area contributed by atoms with Crippen LogP contribution in [0.1, 0.15) is 39.0 Å². The molecule has 0 aliphatic carbocycles. The fourth-order valence-corrected chi connectivity index (χ4v) is 2.37. The van der Waals surface area contributed by atoms with E-state index in [0.717, 1.165) is 45.3 Å². The van der Waals surface area contributed by atoms with Gasteiger partial charge in [0.1, 0.15) is 0 Å². The summed E-state index contributed by atoms with van der Waals surface area (Å²) in [4.78, 5) is 12.7. The summed E-state index contributed by atoms with van der Waals surface area (Å²) in [5.41, 5.74) is 0. The highest BCUT2D eigenvalue weighted by molar-refractivity contribution is 5.66.